The molecule has 6 heteroatoms. The number of pyridine rings is 1. The molecule has 1 amide bonds. The number of amides is 1. The van der Waals surface area contributed by atoms with Gasteiger partial charge in [0.2, 0.25) is 0 Å². The van der Waals surface area contributed by atoms with Crippen LogP contribution in [0.4, 0.5) is 5.69 Å². The van der Waals surface area contributed by atoms with E-state index in [1.54, 1.807) is 37.3 Å². The molecule has 0 saturated heterocycles. The largest absolute Gasteiger partial charge is 0.496 e. The Labute approximate surface area is 128 Å². The lowest BCUT2D eigenvalue weighted by atomic mass is 10.1. The fourth-order valence-corrected chi connectivity index (χ4v) is 1.93. The number of aromatic nitrogens is 1. The molecule has 0 aliphatic heterocycles. The molecular formula is C16H16N2O4. The first-order chi connectivity index (χ1) is 10.6. The lowest BCUT2D eigenvalue weighted by Crippen LogP contribution is -2.15. The van der Waals surface area contributed by atoms with Crippen LogP contribution < -0.4 is 10.1 Å². The number of ether oxygens (including phenoxy) is 2. The van der Waals surface area contributed by atoms with Crippen molar-refractivity contribution in [2.45, 2.75) is 6.92 Å². The van der Waals surface area contributed by atoms with Crippen LogP contribution in [0, 0.1) is 6.92 Å². The molecule has 0 radical (unpaired) electrons. The highest BCUT2D eigenvalue weighted by Gasteiger charge is 2.14. The number of benzene rings is 1. The van der Waals surface area contributed by atoms with Crippen molar-refractivity contribution >= 4 is 17.6 Å². The maximum Gasteiger partial charge on any atom is 0.356 e. The van der Waals surface area contributed by atoms with Crippen LogP contribution in [0.2, 0.25) is 0 Å². The van der Waals surface area contributed by atoms with Crippen molar-refractivity contribution in [1.29, 1.82) is 0 Å². The standard InChI is InChI=1S/C16H16N2O4/c1-10-12(8-9-13(17-10)16(20)22-3)18-15(19)11-6-4-5-7-14(11)21-2/h4-9H,1-3H3,(H,18,19). The fourth-order valence-electron chi connectivity index (χ4n) is 1.93. The minimum Gasteiger partial charge on any atom is -0.496 e. The van der Waals surface area contributed by atoms with Crippen LogP contribution in [0.1, 0.15) is 26.5 Å². The van der Waals surface area contributed by atoms with Gasteiger partial charge in [0.1, 0.15) is 11.4 Å². The number of carbonyl (C=O) groups excluding carboxylic acids is 2. The van der Waals surface area contributed by atoms with Crippen molar-refractivity contribution in [3.8, 4) is 5.75 Å². The van der Waals surface area contributed by atoms with E-state index in [2.05, 4.69) is 15.0 Å². The van der Waals surface area contributed by atoms with Gasteiger partial charge in [0.05, 0.1) is 31.2 Å². The minimum absolute atomic E-state index is 0.190. The van der Waals surface area contributed by atoms with Crippen LogP contribution in [-0.4, -0.2) is 31.1 Å². The van der Waals surface area contributed by atoms with Gasteiger partial charge in [-0.05, 0) is 31.2 Å². The number of anilines is 1. The van der Waals surface area contributed by atoms with Gasteiger partial charge >= 0.3 is 5.97 Å². The van der Waals surface area contributed by atoms with Gasteiger partial charge in [0.15, 0.2) is 0 Å². The summed E-state index contributed by atoms with van der Waals surface area (Å²) in [4.78, 5) is 27.8. The predicted octanol–water partition coefficient (Wildman–Crippen LogP) is 2.44. The van der Waals surface area contributed by atoms with E-state index in [-0.39, 0.29) is 11.6 Å². The number of hydrogen-bond acceptors (Lipinski definition) is 5. The zero-order valence-corrected chi connectivity index (χ0v) is 12.5. The Balaban J connectivity index is 2.23. The Kier molecular flexibility index (Phi) is 4.73. The van der Waals surface area contributed by atoms with Crippen molar-refractivity contribution < 1.29 is 19.1 Å². The van der Waals surface area contributed by atoms with E-state index in [4.69, 9.17) is 4.74 Å². The molecule has 0 unspecified atom stereocenters. The Bertz CT molecular complexity index is 713. The molecule has 1 aromatic heterocycles. The molecule has 0 spiro atoms. The number of para-hydroxylation sites is 1. The molecule has 1 heterocycles. The maximum atomic E-state index is 12.3. The highest BCUT2D eigenvalue weighted by Crippen LogP contribution is 2.20. The van der Waals surface area contributed by atoms with Crippen LogP contribution in [0.15, 0.2) is 36.4 Å². The second-order valence-electron chi connectivity index (χ2n) is 4.48. The van der Waals surface area contributed by atoms with Gasteiger partial charge in [-0.25, -0.2) is 9.78 Å². The summed E-state index contributed by atoms with van der Waals surface area (Å²) in [6, 6.07) is 10.0. The zero-order chi connectivity index (χ0) is 16.1. The predicted molar refractivity (Wildman–Crippen MR) is 81.3 cm³/mol. The normalized spacial score (nSPS) is 9.95. The highest BCUT2D eigenvalue weighted by molar-refractivity contribution is 6.06. The van der Waals surface area contributed by atoms with Crippen LogP contribution in [0.3, 0.4) is 0 Å². The van der Waals surface area contributed by atoms with Gasteiger partial charge in [0.25, 0.3) is 5.91 Å². The van der Waals surface area contributed by atoms with E-state index < -0.39 is 5.97 Å². The first-order valence-corrected chi connectivity index (χ1v) is 6.57. The van der Waals surface area contributed by atoms with E-state index in [1.165, 1.54) is 20.3 Å². The number of rotatable bonds is 4. The molecule has 2 rings (SSSR count). The van der Waals surface area contributed by atoms with E-state index in [0.29, 0.717) is 22.7 Å². The molecular weight excluding hydrogens is 284 g/mol. The van der Waals surface area contributed by atoms with Gasteiger partial charge in [-0.3, -0.25) is 4.79 Å². The third-order valence-corrected chi connectivity index (χ3v) is 3.08. The number of hydrogen-bond donors (Lipinski definition) is 1. The average Bonchev–Trinajstić information content (AvgIpc) is 2.55. The number of aryl methyl sites for hydroxylation is 1. The monoisotopic (exact) mass is 300 g/mol. The van der Waals surface area contributed by atoms with E-state index in [0.717, 1.165) is 0 Å². The Morgan fingerprint density at radius 2 is 1.82 bits per heavy atom. The number of nitrogens with one attached hydrogen (secondary N) is 1. The summed E-state index contributed by atoms with van der Waals surface area (Å²) in [5, 5.41) is 2.75. The second-order valence-corrected chi connectivity index (χ2v) is 4.48. The first-order valence-electron chi connectivity index (χ1n) is 6.57. The molecule has 0 fully saturated rings. The molecule has 6 nitrogen and oxygen atoms in total. The first kappa shape index (κ1) is 15.5. The van der Waals surface area contributed by atoms with E-state index >= 15 is 0 Å². The molecule has 0 aliphatic rings. The van der Waals surface area contributed by atoms with Crippen molar-refractivity contribution in [3.63, 3.8) is 0 Å². The van der Waals surface area contributed by atoms with Gasteiger partial charge in [-0.1, -0.05) is 12.1 Å². The lowest BCUT2D eigenvalue weighted by Gasteiger charge is -2.11. The Hall–Kier alpha value is -2.89. The summed E-state index contributed by atoms with van der Waals surface area (Å²) >= 11 is 0. The summed E-state index contributed by atoms with van der Waals surface area (Å²) in [6.45, 7) is 1.70. The molecule has 22 heavy (non-hydrogen) atoms. The molecule has 0 bridgehead atoms. The van der Waals surface area contributed by atoms with Crippen LogP contribution in [0.5, 0.6) is 5.75 Å². The molecule has 2 aromatic rings. The molecule has 0 saturated carbocycles. The summed E-state index contributed by atoms with van der Waals surface area (Å²) in [7, 11) is 2.79. The number of methoxy groups -OCH3 is 2. The molecule has 0 atom stereocenters. The quantitative estimate of drug-likeness (QED) is 0.877. The third kappa shape index (κ3) is 3.22. The zero-order valence-electron chi connectivity index (χ0n) is 12.5. The van der Waals surface area contributed by atoms with Crippen molar-refractivity contribution in [2.24, 2.45) is 0 Å². The number of nitrogens with zero attached hydrogens (tertiary/aromatic N) is 1. The van der Waals surface area contributed by atoms with Crippen molar-refractivity contribution in [1.82, 2.24) is 4.98 Å². The Morgan fingerprint density at radius 1 is 1.09 bits per heavy atom. The summed E-state index contributed by atoms with van der Waals surface area (Å²) in [5.41, 5.74) is 1.64. The van der Waals surface area contributed by atoms with Gasteiger partial charge < -0.3 is 14.8 Å². The molecule has 0 aliphatic carbocycles. The summed E-state index contributed by atoms with van der Waals surface area (Å²) in [6.07, 6.45) is 0. The van der Waals surface area contributed by atoms with Gasteiger partial charge in [0, 0.05) is 0 Å². The van der Waals surface area contributed by atoms with Crippen molar-refractivity contribution in [3.05, 3.63) is 53.3 Å². The number of carbonyl (C=O) groups is 2. The van der Waals surface area contributed by atoms with Crippen LogP contribution >= 0.6 is 0 Å². The summed E-state index contributed by atoms with van der Waals surface area (Å²) < 4.78 is 9.77. The van der Waals surface area contributed by atoms with E-state index in [1.807, 2.05) is 0 Å². The topological polar surface area (TPSA) is 77.5 Å². The van der Waals surface area contributed by atoms with Crippen LogP contribution in [-0.2, 0) is 4.74 Å². The summed E-state index contributed by atoms with van der Waals surface area (Å²) in [5.74, 6) is -0.351. The Morgan fingerprint density at radius 3 is 2.45 bits per heavy atom. The molecule has 1 aromatic carbocycles. The van der Waals surface area contributed by atoms with E-state index in [9.17, 15) is 9.59 Å². The molecule has 1 N–H and O–H groups in total. The van der Waals surface area contributed by atoms with Gasteiger partial charge in [-0.15, -0.1) is 0 Å². The van der Waals surface area contributed by atoms with Gasteiger partial charge in [-0.2, -0.15) is 0 Å². The fraction of sp³-hybridized carbons (Fsp3) is 0.188. The second kappa shape index (κ2) is 6.71. The minimum atomic E-state index is -0.522. The van der Waals surface area contributed by atoms with Crippen molar-refractivity contribution in [2.75, 3.05) is 19.5 Å². The maximum absolute atomic E-state index is 12.3. The number of esters is 1. The smallest absolute Gasteiger partial charge is 0.356 e. The van der Waals surface area contributed by atoms with Crippen LogP contribution in [0.25, 0.3) is 0 Å². The average molecular weight is 300 g/mol. The lowest BCUT2D eigenvalue weighted by molar-refractivity contribution is 0.0593. The molecule has 114 valence electrons. The highest BCUT2D eigenvalue weighted by atomic mass is 16.5. The SMILES string of the molecule is COC(=O)c1ccc(NC(=O)c2ccccc2OC)c(C)n1. The third-order valence-electron chi connectivity index (χ3n) is 3.08.